The maximum Gasteiger partial charge on any atom is 0.390 e. The van der Waals surface area contributed by atoms with Gasteiger partial charge in [-0.1, -0.05) is 6.07 Å². The van der Waals surface area contributed by atoms with Gasteiger partial charge in [0.15, 0.2) is 0 Å². The average molecular weight is 269 g/mol. The number of rotatable bonds is 2. The standard InChI is InChI=1S/C8H8BrF3N2/c9-7-3-1-2-6(14-7)5(13)4-8(10,11)12/h1-3,5H,4,13H2/t5-/m0/s1. The highest BCUT2D eigenvalue weighted by atomic mass is 79.9. The first-order chi connectivity index (χ1) is 6.38. The van der Waals surface area contributed by atoms with Gasteiger partial charge < -0.3 is 5.73 Å². The van der Waals surface area contributed by atoms with Gasteiger partial charge in [0.2, 0.25) is 0 Å². The molecule has 0 fully saturated rings. The van der Waals surface area contributed by atoms with E-state index in [2.05, 4.69) is 20.9 Å². The Morgan fingerprint density at radius 2 is 2.07 bits per heavy atom. The van der Waals surface area contributed by atoms with Gasteiger partial charge in [-0.2, -0.15) is 13.2 Å². The summed E-state index contributed by atoms with van der Waals surface area (Å²) in [6, 6.07) is 3.60. The fourth-order valence-electron chi connectivity index (χ4n) is 0.984. The van der Waals surface area contributed by atoms with E-state index in [0.717, 1.165) is 0 Å². The third kappa shape index (κ3) is 3.63. The summed E-state index contributed by atoms with van der Waals surface area (Å²) in [7, 11) is 0. The summed E-state index contributed by atoms with van der Waals surface area (Å²) in [5.74, 6) is 0. The van der Waals surface area contributed by atoms with E-state index in [1.54, 1.807) is 12.1 Å². The number of nitrogens with zero attached hydrogens (tertiary/aromatic N) is 1. The number of halogens is 4. The Morgan fingerprint density at radius 3 is 2.57 bits per heavy atom. The molecule has 2 nitrogen and oxygen atoms in total. The van der Waals surface area contributed by atoms with Gasteiger partial charge >= 0.3 is 6.18 Å². The molecule has 1 aromatic rings. The Morgan fingerprint density at radius 1 is 1.43 bits per heavy atom. The summed E-state index contributed by atoms with van der Waals surface area (Å²) in [6.07, 6.45) is -5.32. The maximum atomic E-state index is 12.0. The van der Waals surface area contributed by atoms with Crippen LogP contribution in [0.4, 0.5) is 13.2 Å². The predicted molar refractivity (Wildman–Crippen MR) is 49.5 cm³/mol. The summed E-state index contributed by atoms with van der Waals surface area (Å²) < 4.78 is 36.4. The fourth-order valence-corrected chi connectivity index (χ4v) is 1.34. The Hall–Kier alpha value is -0.620. The second-order valence-corrected chi connectivity index (χ2v) is 3.62. The molecule has 0 aliphatic rings. The summed E-state index contributed by atoms with van der Waals surface area (Å²) >= 11 is 3.06. The topological polar surface area (TPSA) is 38.9 Å². The summed E-state index contributed by atoms with van der Waals surface area (Å²) in [5, 5.41) is 0. The number of nitrogens with two attached hydrogens (primary N) is 1. The molecule has 0 aromatic carbocycles. The van der Waals surface area contributed by atoms with Crippen molar-refractivity contribution in [2.75, 3.05) is 0 Å². The highest BCUT2D eigenvalue weighted by molar-refractivity contribution is 9.10. The van der Waals surface area contributed by atoms with Crippen LogP contribution in [0.5, 0.6) is 0 Å². The highest BCUT2D eigenvalue weighted by Gasteiger charge is 2.31. The van der Waals surface area contributed by atoms with Crippen LogP contribution >= 0.6 is 15.9 Å². The van der Waals surface area contributed by atoms with E-state index in [4.69, 9.17) is 5.73 Å². The minimum absolute atomic E-state index is 0.233. The van der Waals surface area contributed by atoms with Crippen LogP contribution in [0.1, 0.15) is 18.2 Å². The molecule has 0 saturated carbocycles. The van der Waals surface area contributed by atoms with E-state index in [-0.39, 0.29) is 5.69 Å². The van der Waals surface area contributed by atoms with Crippen LogP contribution in [0.25, 0.3) is 0 Å². The average Bonchev–Trinajstić information content (AvgIpc) is 2.01. The SMILES string of the molecule is N[C@@H](CC(F)(F)F)c1cccc(Br)n1. The molecular formula is C8H8BrF3N2. The fraction of sp³-hybridized carbons (Fsp3) is 0.375. The number of aromatic nitrogens is 1. The van der Waals surface area contributed by atoms with Gasteiger partial charge in [0.05, 0.1) is 18.2 Å². The van der Waals surface area contributed by atoms with Gasteiger partial charge in [-0.15, -0.1) is 0 Å². The molecule has 0 amide bonds. The molecule has 0 spiro atoms. The summed E-state index contributed by atoms with van der Waals surface area (Å²) in [6.45, 7) is 0. The normalized spacial score (nSPS) is 14.1. The molecule has 0 aliphatic carbocycles. The van der Waals surface area contributed by atoms with Crippen molar-refractivity contribution in [1.29, 1.82) is 0 Å². The van der Waals surface area contributed by atoms with Gasteiger partial charge in [0.25, 0.3) is 0 Å². The van der Waals surface area contributed by atoms with Gasteiger partial charge in [-0.25, -0.2) is 4.98 Å². The van der Waals surface area contributed by atoms with Crippen molar-refractivity contribution < 1.29 is 13.2 Å². The van der Waals surface area contributed by atoms with E-state index in [9.17, 15) is 13.2 Å². The van der Waals surface area contributed by atoms with Crippen LogP contribution < -0.4 is 5.73 Å². The Balaban J connectivity index is 2.74. The molecule has 0 aliphatic heterocycles. The molecule has 1 aromatic heterocycles. The predicted octanol–water partition coefficient (Wildman–Crippen LogP) is 2.80. The summed E-state index contributed by atoms with van der Waals surface area (Å²) in [5.41, 5.74) is 5.58. The summed E-state index contributed by atoms with van der Waals surface area (Å²) in [4.78, 5) is 3.85. The van der Waals surface area contributed by atoms with Gasteiger partial charge in [0, 0.05) is 0 Å². The van der Waals surface area contributed by atoms with Crippen molar-refractivity contribution in [1.82, 2.24) is 4.98 Å². The molecule has 0 unspecified atom stereocenters. The van der Waals surface area contributed by atoms with Crippen LogP contribution in [-0.2, 0) is 0 Å². The molecule has 1 atom stereocenters. The van der Waals surface area contributed by atoms with Crippen molar-refractivity contribution in [3.63, 3.8) is 0 Å². The van der Waals surface area contributed by atoms with Gasteiger partial charge in [-0.05, 0) is 28.1 Å². The lowest BCUT2D eigenvalue weighted by atomic mass is 10.1. The Kier molecular flexibility index (Phi) is 3.49. The third-order valence-electron chi connectivity index (χ3n) is 1.57. The maximum absolute atomic E-state index is 12.0. The zero-order valence-electron chi connectivity index (χ0n) is 7.05. The van der Waals surface area contributed by atoms with E-state index >= 15 is 0 Å². The second kappa shape index (κ2) is 4.27. The number of alkyl halides is 3. The first-order valence-corrected chi connectivity index (χ1v) is 4.62. The lowest BCUT2D eigenvalue weighted by molar-refractivity contribution is -0.138. The van der Waals surface area contributed by atoms with Crippen LogP contribution in [0.2, 0.25) is 0 Å². The minimum atomic E-state index is -4.26. The first kappa shape index (κ1) is 11.5. The van der Waals surface area contributed by atoms with Crippen molar-refractivity contribution >= 4 is 15.9 Å². The van der Waals surface area contributed by atoms with E-state index in [0.29, 0.717) is 4.60 Å². The number of hydrogen-bond donors (Lipinski definition) is 1. The monoisotopic (exact) mass is 268 g/mol. The lowest BCUT2D eigenvalue weighted by Crippen LogP contribution is -2.21. The van der Waals surface area contributed by atoms with E-state index < -0.39 is 18.6 Å². The molecular weight excluding hydrogens is 261 g/mol. The molecule has 0 bridgehead atoms. The Bertz CT molecular complexity index is 314. The molecule has 6 heteroatoms. The highest BCUT2D eigenvalue weighted by Crippen LogP contribution is 2.27. The van der Waals surface area contributed by atoms with Crippen molar-refractivity contribution in [2.45, 2.75) is 18.6 Å². The van der Waals surface area contributed by atoms with E-state index in [1.807, 2.05) is 0 Å². The third-order valence-corrected chi connectivity index (χ3v) is 2.01. The van der Waals surface area contributed by atoms with Crippen LogP contribution in [0, 0.1) is 0 Å². The molecule has 1 heterocycles. The van der Waals surface area contributed by atoms with Crippen molar-refractivity contribution in [2.24, 2.45) is 5.73 Å². The first-order valence-electron chi connectivity index (χ1n) is 3.83. The van der Waals surface area contributed by atoms with Crippen LogP contribution in [0.3, 0.4) is 0 Å². The van der Waals surface area contributed by atoms with Crippen molar-refractivity contribution in [3.8, 4) is 0 Å². The van der Waals surface area contributed by atoms with Gasteiger partial charge in [-0.3, -0.25) is 0 Å². The minimum Gasteiger partial charge on any atom is -0.322 e. The largest absolute Gasteiger partial charge is 0.390 e. The van der Waals surface area contributed by atoms with Gasteiger partial charge in [0.1, 0.15) is 4.60 Å². The number of pyridine rings is 1. The molecule has 78 valence electrons. The molecule has 14 heavy (non-hydrogen) atoms. The second-order valence-electron chi connectivity index (χ2n) is 2.81. The molecule has 0 saturated heterocycles. The van der Waals surface area contributed by atoms with Crippen LogP contribution in [-0.4, -0.2) is 11.2 Å². The zero-order chi connectivity index (χ0) is 10.8. The Labute approximate surface area is 87.4 Å². The number of hydrogen-bond acceptors (Lipinski definition) is 2. The molecule has 0 radical (unpaired) electrons. The lowest BCUT2D eigenvalue weighted by Gasteiger charge is -2.13. The zero-order valence-corrected chi connectivity index (χ0v) is 8.64. The smallest absolute Gasteiger partial charge is 0.322 e. The molecule has 2 N–H and O–H groups in total. The van der Waals surface area contributed by atoms with E-state index in [1.165, 1.54) is 6.07 Å². The molecule has 1 rings (SSSR count). The van der Waals surface area contributed by atoms with Crippen LogP contribution in [0.15, 0.2) is 22.8 Å². The quantitative estimate of drug-likeness (QED) is 0.838. The van der Waals surface area contributed by atoms with Crippen molar-refractivity contribution in [3.05, 3.63) is 28.5 Å².